The number of aromatic nitrogens is 5. The Hall–Kier alpha value is -2.89. The van der Waals surface area contributed by atoms with Crippen LogP contribution in [0.5, 0.6) is 5.75 Å². The highest BCUT2D eigenvalue weighted by Gasteiger charge is 2.15. The van der Waals surface area contributed by atoms with E-state index in [-0.39, 0.29) is 0 Å². The fraction of sp³-hybridized carbons (Fsp3) is 0.278. The number of benzene rings is 1. The van der Waals surface area contributed by atoms with Gasteiger partial charge in [-0.2, -0.15) is 5.10 Å². The summed E-state index contributed by atoms with van der Waals surface area (Å²) < 4.78 is 7.42. The fourth-order valence-corrected chi connectivity index (χ4v) is 3.14. The SMILES string of the molecule is CCn1nc(C)cc1-c1ncc2c(n1)[nH]c1c(OC)cc(C)cc12. The second-order valence-electron chi connectivity index (χ2n) is 5.96. The number of fused-ring (bicyclic) bond motifs is 3. The minimum absolute atomic E-state index is 0.673. The van der Waals surface area contributed by atoms with E-state index in [9.17, 15) is 0 Å². The first-order valence-corrected chi connectivity index (χ1v) is 7.98. The molecular formula is C18H19N5O. The van der Waals surface area contributed by atoms with Crippen molar-refractivity contribution in [1.82, 2.24) is 24.7 Å². The van der Waals surface area contributed by atoms with Gasteiger partial charge in [0.25, 0.3) is 0 Å². The predicted octanol–water partition coefficient (Wildman–Crippen LogP) is 3.62. The highest BCUT2D eigenvalue weighted by Crippen LogP contribution is 2.32. The zero-order chi connectivity index (χ0) is 16.8. The van der Waals surface area contributed by atoms with Gasteiger partial charge in [-0.15, -0.1) is 0 Å². The van der Waals surface area contributed by atoms with E-state index in [0.29, 0.717) is 5.82 Å². The van der Waals surface area contributed by atoms with E-state index in [1.807, 2.05) is 29.9 Å². The van der Waals surface area contributed by atoms with Crippen molar-refractivity contribution in [2.75, 3.05) is 7.11 Å². The Morgan fingerprint density at radius 2 is 2.00 bits per heavy atom. The van der Waals surface area contributed by atoms with Crippen molar-refractivity contribution in [3.8, 4) is 17.3 Å². The molecule has 6 nitrogen and oxygen atoms in total. The molecule has 0 spiro atoms. The molecule has 0 fully saturated rings. The van der Waals surface area contributed by atoms with Gasteiger partial charge in [0.2, 0.25) is 0 Å². The van der Waals surface area contributed by atoms with Crippen LogP contribution < -0.4 is 4.74 Å². The smallest absolute Gasteiger partial charge is 0.179 e. The molecule has 3 aromatic heterocycles. The summed E-state index contributed by atoms with van der Waals surface area (Å²) in [5, 5.41) is 6.55. The molecule has 0 aliphatic carbocycles. The first kappa shape index (κ1) is 14.7. The highest BCUT2D eigenvalue weighted by atomic mass is 16.5. The maximum absolute atomic E-state index is 5.50. The van der Waals surface area contributed by atoms with Crippen LogP contribution in [0.1, 0.15) is 18.2 Å². The second-order valence-corrected chi connectivity index (χ2v) is 5.96. The standard InChI is InChI=1S/C18H19N5O/c1-5-23-14(8-11(3)22-23)18-19-9-13-12-6-10(2)7-15(24-4)16(12)20-17(13)21-18/h6-9H,5H2,1-4H3,(H,19,20,21). The van der Waals surface area contributed by atoms with Crippen molar-refractivity contribution in [3.63, 3.8) is 0 Å². The number of hydrogen-bond donors (Lipinski definition) is 1. The van der Waals surface area contributed by atoms with E-state index in [1.54, 1.807) is 7.11 Å². The maximum Gasteiger partial charge on any atom is 0.179 e. The van der Waals surface area contributed by atoms with Gasteiger partial charge in [-0.25, -0.2) is 9.97 Å². The van der Waals surface area contributed by atoms with Crippen molar-refractivity contribution in [1.29, 1.82) is 0 Å². The minimum atomic E-state index is 0.673. The molecule has 122 valence electrons. The van der Waals surface area contributed by atoms with Crippen molar-refractivity contribution < 1.29 is 4.74 Å². The lowest BCUT2D eigenvalue weighted by Gasteiger charge is -2.03. The van der Waals surface area contributed by atoms with E-state index in [0.717, 1.165) is 51.2 Å². The number of ether oxygens (including phenoxy) is 1. The zero-order valence-corrected chi connectivity index (χ0v) is 14.2. The third-order valence-electron chi connectivity index (χ3n) is 4.22. The predicted molar refractivity (Wildman–Crippen MR) is 94.3 cm³/mol. The lowest BCUT2D eigenvalue weighted by atomic mass is 10.1. The van der Waals surface area contributed by atoms with Crippen molar-refractivity contribution in [2.45, 2.75) is 27.3 Å². The van der Waals surface area contributed by atoms with E-state index in [1.165, 1.54) is 0 Å². The minimum Gasteiger partial charge on any atom is -0.495 e. The third kappa shape index (κ3) is 2.14. The monoisotopic (exact) mass is 321 g/mol. The van der Waals surface area contributed by atoms with Gasteiger partial charge in [0.1, 0.15) is 17.1 Å². The van der Waals surface area contributed by atoms with E-state index < -0.39 is 0 Å². The summed E-state index contributed by atoms with van der Waals surface area (Å²) in [6.07, 6.45) is 1.87. The number of aromatic amines is 1. The van der Waals surface area contributed by atoms with E-state index >= 15 is 0 Å². The second kappa shape index (κ2) is 5.33. The molecule has 1 N–H and O–H groups in total. The Kier molecular flexibility index (Phi) is 3.26. The third-order valence-corrected chi connectivity index (χ3v) is 4.22. The molecule has 0 aliphatic rings. The van der Waals surface area contributed by atoms with Crippen LogP contribution in [-0.4, -0.2) is 31.8 Å². The molecule has 24 heavy (non-hydrogen) atoms. The highest BCUT2D eigenvalue weighted by molar-refractivity contribution is 6.08. The van der Waals surface area contributed by atoms with Gasteiger partial charge >= 0.3 is 0 Å². The summed E-state index contributed by atoms with van der Waals surface area (Å²) in [6.45, 7) is 6.87. The first-order valence-electron chi connectivity index (χ1n) is 7.98. The van der Waals surface area contributed by atoms with Crippen LogP contribution in [0.25, 0.3) is 33.5 Å². The molecular weight excluding hydrogens is 302 g/mol. The Morgan fingerprint density at radius 3 is 2.75 bits per heavy atom. The molecule has 0 saturated heterocycles. The van der Waals surface area contributed by atoms with Gasteiger partial charge in [-0.05, 0) is 44.5 Å². The lowest BCUT2D eigenvalue weighted by molar-refractivity contribution is 0.419. The van der Waals surface area contributed by atoms with Crippen LogP contribution in [-0.2, 0) is 6.54 Å². The number of rotatable bonds is 3. The van der Waals surface area contributed by atoms with E-state index in [2.05, 4.69) is 35.0 Å². The molecule has 4 rings (SSSR count). The fourth-order valence-electron chi connectivity index (χ4n) is 3.14. The molecule has 1 aromatic carbocycles. The number of hydrogen-bond acceptors (Lipinski definition) is 4. The average molecular weight is 321 g/mol. The quantitative estimate of drug-likeness (QED) is 0.626. The number of nitrogens with one attached hydrogen (secondary N) is 1. The number of methoxy groups -OCH3 is 1. The van der Waals surface area contributed by atoms with Gasteiger partial charge in [-0.1, -0.05) is 0 Å². The van der Waals surface area contributed by atoms with Gasteiger partial charge in [0.15, 0.2) is 5.82 Å². The van der Waals surface area contributed by atoms with Crippen LogP contribution in [0.4, 0.5) is 0 Å². The Morgan fingerprint density at radius 1 is 1.17 bits per heavy atom. The molecule has 0 unspecified atom stereocenters. The van der Waals surface area contributed by atoms with Crippen LogP contribution in [0.3, 0.4) is 0 Å². The van der Waals surface area contributed by atoms with Gasteiger partial charge in [-0.3, -0.25) is 4.68 Å². The molecule has 0 bridgehead atoms. The van der Waals surface area contributed by atoms with Crippen molar-refractivity contribution in [2.24, 2.45) is 0 Å². The molecule has 0 radical (unpaired) electrons. The normalized spacial score (nSPS) is 11.5. The topological polar surface area (TPSA) is 68.6 Å². The number of H-pyrrole nitrogens is 1. The Balaban J connectivity index is 1.97. The summed E-state index contributed by atoms with van der Waals surface area (Å²) in [4.78, 5) is 12.7. The summed E-state index contributed by atoms with van der Waals surface area (Å²) >= 11 is 0. The molecule has 0 aliphatic heterocycles. The lowest BCUT2D eigenvalue weighted by Crippen LogP contribution is -2.01. The molecule has 3 heterocycles. The van der Waals surface area contributed by atoms with E-state index in [4.69, 9.17) is 9.72 Å². The summed E-state index contributed by atoms with van der Waals surface area (Å²) in [6, 6.07) is 6.15. The Labute approximate surface area is 139 Å². The number of nitrogens with zero attached hydrogens (tertiary/aromatic N) is 4. The molecule has 0 atom stereocenters. The van der Waals surface area contributed by atoms with Crippen LogP contribution in [0.15, 0.2) is 24.4 Å². The van der Waals surface area contributed by atoms with Crippen molar-refractivity contribution >= 4 is 21.9 Å². The molecule has 4 aromatic rings. The summed E-state index contributed by atoms with van der Waals surface area (Å²) in [5.41, 5.74) is 4.79. The Bertz CT molecular complexity index is 1060. The van der Waals surface area contributed by atoms with Crippen LogP contribution in [0, 0.1) is 13.8 Å². The molecule has 0 amide bonds. The average Bonchev–Trinajstić information content (AvgIpc) is 3.13. The molecule has 6 heteroatoms. The zero-order valence-electron chi connectivity index (χ0n) is 14.2. The molecule has 0 saturated carbocycles. The summed E-state index contributed by atoms with van der Waals surface area (Å²) in [5.74, 6) is 1.49. The first-order chi connectivity index (χ1) is 11.6. The van der Waals surface area contributed by atoms with Crippen LogP contribution >= 0.6 is 0 Å². The van der Waals surface area contributed by atoms with Crippen LogP contribution in [0.2, 0.25) is 0 Å². The largest absolute Gasteiger partial charge is 0.495 e. The van der Waals surface area contributed by atoms with Gasteiger partial charge in [0, 0.05) is 23.5 Å². The van der Waals surface area contributed by atoms with Crippen molar-refractivity contribution in [3.05, 3.63) is 35.7 Å². The van der Waals surface area contributed by atoms with Gasteiger partial charge in [0.05, 0.1) is 18.3 Å². The van der Waals surface area contributed by atoms with Gasteiger partial charge < -0.3 is 9.72 Å². The maximum atomic E-state index is 5.50. The summed E-state index contributed by atoms with van der Waals surface area (Å²) in [7, 11) is 1.68. The number of aryl methyl sites for hydroxylation is 3.